The lowest BCUT2D eigenvalue weighted by molar-refractivity contribution is -0.118. The second-order valence-electron chi connectivity index (χ2n) is 5.85. The highest BCUT2D eigenvalue weighted by atomic mass is 35.5. The molecule has 0 heterocycles. The lowest BCUT2D eigenvalue weighted by Gasteiger charge is -2.11. The molecule has 1 amide bonds. The largest absolute Gasteiger partial charge is 0.493 e. The summed E-state index contributed by atoms with van der Waals surface area (Å²) in [5, 5.41) is 3.37. The van der Waals surface area contributed by atoms with Crippen molar-refractivity contribution in [2.75, 3.05) is 18.5 Å². The van der Waals surface area contributed by atoms with Crippen LogP contribution >= 0.6 is 11.6 Å². The highest BCUT2D eigenvalue weighted by Crippen LogP contribution is 2.20. The molecule has 2 aromatic rings. The third-order valence-electron chi connectivity index (χ3n) is 3.27. The average Bonchev–Trinajstić information content (AvgIpc) is 2.55. The molecule has 128 valence electrons. The van der Waals surface area contributed by atoms with Crippen molar-refractivity contribution >= 4 is 23.2 Å². The smallest absolute Gasteiger partial charge is 0.262 e. The molecule has 0 atom stereocenters. The van der Waals surface area contributed by atoms with E-state index >= 15 is 0 Å². The molecule has 2 rings (SSSR count). The van der Waals surface area contributed by atoms with Gasteiger partial charge in [-0.25, -0.2) is 0 Å². The van der Waals surface area contributed by atoms with Gasteiger partial charge in [-0.1, -0.05) is 31.5 Å². The molecule has 5 heteroatoms. The highest BCUT2D eigenvalue weighted by Gasteiger charge is 2.05. The van der Waals surface area contributed by atoms with Gasteiger partial charge in [0.1, 0.15) is 11.5 Å². The predicted molar refractivity (Wildman–Crippen MR) is 97.0 cm³/mol. The van der Waals surface area contributed by atoms with Gasteiger partial charge in [0.2, 0.25) is 0 Å². The highest BCUT2D eigenvalue weighted by molar-refractivity contribution is 6.30. The molecule has 0 unspecified atom stereocenters. The van der Waals surface area contributed by atoms with E-state index in [1.807, 2.05) is 12.1 Å². The van der Waals surface area contributed by atoms with Crippen LogP contribution in [-0.2, 0) is 4.79 Å². The van der Waals surface area contributed by atoms with Crippen molar-refractivity contribution in [3.05, 3.63) is 53.6 Å². The van der Waals surface area contributed by atoms with Gasteiger partial charge in [-0.15, -0.1) is 0 Å². The minimum Gasteiger partial charge on any atom is -0.493 e. The van der Waals surface area contributed by atoms with Crippen molar-refractivity contribution in [2.45, 2.75) is 20.3 Å². The standard InChI is InChI=1S/C19H22ClNO3/c1-14(2)10-11-23-17-4-3-5-18(12-17)24-13-19(22)21-16-8-6-15(20)7-9-16/h3-9,12,14H,10-11,13H2,1-2H3,(H,21,22). The minimum absolute atomic E-state index is 0.0714. The number of carbonyl (C=O) groups excluding carboxylic acids is 1. The summed E-state index contributed by atoms with van der Waals surface area (Å²) < 4.78 is 11.2. The summed E-state index contributed by atoms with van der Waals surface area (Å²) in [6.45, 7) is 4.90. The first-order valence-corrected chi connectivity index (χ1v) is 8.32. The van der Waals surface area contributed by atoms with Crippen LogP contribution < -0.4 is 14.8 Å². The van der Waals surface area contributed by atoms with Gasteiger partial charge in [-0.3, -0.25) is 4.79 Å². The number of anilines is 1. The third kappa shape index (κ3) is 6.50. The summed E-state index contributed by atoms with van der Waals surface area (Å²) >= 11 is 5.81. The van der Waals surface area contributed by atoms with Crippen LogP contribution in [0.25, 0.3) is 0 Å². The lowest BCUT2D eigenvalue weighted by atomic mass is 10.1. The number of nitrogens with one attached hydrogen (secondary N) is 1. The first-order valence-electron chi connectivity index (χ1n) is 7.94. The van der Waals surface area contributed by atoms with Gasteiger partial charge in [0.15, 0.2) is 6.61 Å². The Bertz CT molecular complexity index is 656. The van der Waals surface area contributed by atoms with Gasteiger partial charge in [0.25, 0.3) is 5.91 Å². The van der Waals surface area contributed by atoms with Crippen LogP contribution in [0.15, 0.2) is 48.5 Å². The molecule has 0 aliphatic rings. The molecule has 0 saturated carbocycles. The van der Waals surface area contributed by atoms with Crippen LogP contribution in [0.1, 0.15) is 20.3 Å². The molecule has 0 aromatic heterocycles. The third-order valence-corrected chi connectivity index (χ3v) is 3.52. The molecule has 24 heavy (non-hydrogen) atoms. The summed E-state index contributed by atoms with van der Waals surface area (Å²) in [6.07, 6.45) is 0.995. The number of benzene rings is 2. The van der Waals surface area contributed by atoms with Crippen molar-refractivity contribution in [1.82, 2.24) is 0 Å². The van der Waals surface area contributed by atoms with Gasteiger partial charge in [-0.05, 0) is 48.7 Å². The molecule has 0 aliphatic carbocycles. The maximum Gasteiger partial charge on any atom is 0.262 e. The summed E-state index contributed by atoms with van der Waals surface area (Å²) in [7, 11) is 0. The van der Waals surface area contributed by atoms with Crippen molar-refractivity contribution in [1.29, 1.82) is 0 Å². The summed E-state index contributed by atoms with van der Waals surface area (Å²) in [5.74, 6) is 1.71. The van der Waals surface area contributed by atoms with E-state index in [1.165, 1.54) is 0 Å². The fourth-order valence-corrected chi connectivity index (χ4v) is 2.07. The van der Waals surface area contributed by atoms with Gasteiger partial charge in [0, 0.05) is 16.8 Å². The van der Waals surface area contributed by atoms with Gasteiger partial charge in [0.05, 0.1) is 6.61 Å². The van der Waals surface area contributed by atoms with Crippen LogP contribution in [0.3, 0.4) is 0 Å². The van der Waals surface area contributed by atoms with E-state index in [1.54, 1.807) is 36.4 Å². The molecule has 1 N–H and O–H groups in total. The van der Waals surface area contributed by atoms with Crippen molar-refractivity contribution in [3.8, 4) is 11.5 Å². The molecule has 0 spiro atoms. The number of halogens is 1. The Kier molecular flexibility index (Phi) is 6.94. The number of carbonyl (C=O) groups is 1. The normalized spacial score (nSPS) is 10.5. The van der Waals surface area contributed by atoms with Gasteiger partial charge in [-0.2, -0.15) is 0 Å². The zero-order valence-corrected chi connectivity index (χ0v) is 14.7. The number of amides is 1. The fraction of sp³-hybridized carbons (Fsp3) is 0.316. The Labute approximate surface area is 147 Å². The average molecular weight is 348 g/mol. The second kappa shape index (κ2) is 9.18. The molecule has 0 saturated heterocycles. The molecule has 0 radical (unpaired) electrons. The zero-order valence-electron chi connectivity index (χ0n) is 13.9. The predicted octanol–water partition coefficient (Wildman–Crippen LogP) is 4.78. The Balaban J connectivity index is 1.80. The zero-order chi connectivity index (χ0) is 17.4. The molecular formula is C19H22ClNO3. The molecule has 0 bridgehead atoms. The first kappa shape index (κ1) is 18.1. The lowest BCUT2D eigenvalue weighted by Crippen LogP contribution is -2.20. The Morgan fingerprint density at radius 2 is 1.75 bits per heavy atom. The molecule has 0 aliphatic heterocycles. The van der Waals surface area contributed by atoms with Crippen LogP contribution in [0.5, 0.6) is 11.5 Å². The number of rotatable bonds is 8. The fourth-order valence-electron chi connectivity index (χ4n) is 1.95. The van der Waals surface area contributed by atoms with Crippen LogP contribution in [0.2, 0.25) is 5.02 Å². The quantitative estimate of drug-likeness (QED) is 0.747. The molecular weight excluding hydrogens is 326 g/mol. The maximum atomic E-state index is 11.9. The van der Waals surface area contributed by atoms with Crippen molar-refractivity contribution < 1.29 is 14.3 Å². The maximum absolute atomic E-state index is 11.9. The Morgan fingerprint density at radius 1 is 1.08 bits per heavy atom. The van der Waals surface area contributed by atoms with Crippen LogP contribution in [0.4, 0.5) is 5.69 Å². The van der Waals surface area contributed by atoms with Crippen LogP contribution in [-0.4, -0.2) is 19.1 Å². The number of ether oxygens (including phenoxy) is 2. The second-order valence-corrected chi connectivity index (χ2v) is 6.29. The Hall–Kier alpha value is -2.20. The molecule has 2 aromatic carbocycles. The van der Waals surface area contributed by atoms with E-state index in [9.17, 15) is 4.79 Å². The monoisotopic (exact) mass is 347 g/mol. The van der Waals surface area contributed by atoms with Gasteiger partial charge >= 0.3 is 0 Å². The summed E-state index contributed by atoms with van der Waals surface area (Å²) in [6, 6.07) is 14.2. The van der Waals surface area contributed by atoms with E-state index in [4.69, 9.17) is 21.1 Å². The SMILES string of the molecule is CC(C)CCOc1cccc(OCC(=O)Nc2ccc(Cl)cc2)c1. The van der Waals surface area contributed by atoms with Crippen LogP contribution in [0, 0.1) is 5.92 Å². The summed E-state index contributed by atoms with van der Waals surface area (Å²) in [4.78, 5) is 11.9. The van der Waals surface area contributed by atoms with Crippen molar-refractivity contribution in [3.63, 3.8) is 0 Å². The number of hydrogen-bond acceptors (Lipinski definition) is 3. The van der Waals surface area contributed by atoms with Crippen molar-refractivity contribution in [2.24, 2.45) is 5.92 Å². The molecule has 4 nitrogen and oxygen atoms in total. The van der Waals surface area contributed by atoms with E-state index < -0.39 is 0 Å². The number of hydrogen-bond donors (Lipinski definition) is 1. The topological polar surface area (TPSA) is 47.6 Å². The van der Waals surface area contributed by atoms with E-state index in [0.29, 0.717) is 29.0 Å². The minimum atomic E-state index is -0.233. The van der Waals surface area contributed by atoms with E-state index in [-0.39, 0.29) is 12.5 Å². The molecule has 0 fully saturated rings. The summed E-state index contributed by atoms with van der Waals surface area (Å²) in [5.41, 5.74) is 0.679. The van der Waals surface area contributed by atoms with Gasteiger partial charge < -0.3 is 14.8 Å². The van der Waals surface area contributed by atoms with E-state index in [2.05, 4.69) is 19.2 Å². The Morgan fingerprint density at radius 3 is 2.42 bits per heavy atom. The van der Waals surface area contributed by atoms with E-state index in [0.717, 1.165) is 12.2 Å². The first-order chi connectivity index (χ1) is 11.5.